The van der Waals surface area contributed by atoms with Crippen LogP contribution in [0.25, 0.3) is 0 Å². The van der Waals surface area contributed by atoms with Gasteiger partial charge in [0, 0.05) is 37.8 Å². The molecule has 8 atom stereocenters. The summed E-state index contributed by atoms with van der Waals surface area (Å²) in [5, 5.41) is 14.8. The first-order chi connectivity index (χ1) is 12.6. The van der Waals surface area contributed by atoms with Crippen LogP contribution in [0, 0.1) is 5.92 Å². The third kappa shape index (κ3) is 4.23. The van der Waals surface area contributed by atoms with Crippen LogP contribution < -0.4 is 21.3 Å². The fourth-order valence-corrected chi connectivity index (χ4v) is 5.31. The molecule has 2 bridgehead atoms. The molecule has 0 amide bonds. The van der Waals surface area contributed by atoms with E-state index in [2.05, 4.69) is 40.1 Å². The average molecular weight is 370 g/mol. The summed E-state index contributed by atoms with van der Waals surface area (Å²) in [4.78, 5) is 2.41. The van der Waals surface area contributed by atoms with Gasteiger partial charge in [-0.1, -0.05) is 0 Å². The van der Waals surface area contributed by atoms with Crippen LogP contribution in [-0.4, -0.2) is 74.5 Å². The van der Waals surface area contributed by atoms with Crippen molar-refractivity contribution in [2.45, 2.75) is 88.2 Å². The Morgan fingerprint density at radius 1 is 1.04 bits per heavy atom. The van der Waals surface area contributed by atoms with E-state index in [1.54, 1.807) is 0 Å². The molecule has 0 aromatic heterocycles. The Bertz CT molecular complexity index is 469. The second kappa shape index (κ2) is 8.37. The van der Waals surface area contributed by atoms with E-state index in [9.17, 15) is 4.39 Å². The van der Waals surface area contributed by atoms with Crippen molar-refractivity contribution in [1.29, 1.82) is 0 Å². The smallest absolute Gasteiger partial charge is 0.101 e. The number of rotatable bonds is 0. The topological polar surface area (TPSA) is 60.6 Å². The van der Waals surface area contributed by atoms with E-state index in [4.69, 9.17) is 4.74 Å². The molecule has 1 aliphatic carbocycles. The number of nitrogens with one attached hydrogen (secondary N) is 4. The molecule has 3 aliphatic heterocycles. The third-order valence-corrected chi connectivity index (χ3v) is 6.86. The molecule has 0 aromatic carbocycles. The lowest BCUT2D eigenvalue weighted by Crippen LogP contribution is -2.74. The Hall–Kier alpha value is -0.310. The van der Waals surface area contributed by atoms with E-state index in [0.29, 0.717) is 43.1 Å². The Kier molecular flexibility index (Phi) is 6.12. The van der Waals surface area contributed by atoms with Gasteiger partial charge in [0.05, 0.1) is 24.5 Å². The van der Waals surface area contributed by atoms with Gasteiger partial charge in [0.15, 0.2) is 0 Å². The lowest BCUT2D eigenvalue weighted by Gasteiger charge is -2.48. The standard InChI is InChI=1S/C19H36FN5O/c1-12-7-8-26-16-5-3-14(20)9-13(16)10-25(2)17-6-4-15-18(24-17)19(23-12)22-11-21-15/h12-19,21-24H,3-11H2,1-2H3/t12-,13?,14?,15?,16?,17?,18?,19?/m1/s1. The lowest BCUT2D eigenvalue weighted by atomic mass is 9.84. The SMILES string of the molecule is C[C@@H]1CCOC2CCC(F)CC2CN(C)C2CCC3NCNC(N1)C3N2. The predicted octanol–water partition coefficient (Wildman–Crippen LogP) is 0.747. The van der Waals surface area contributed by atoms with Crippen LogP contribution in [0.3, 0.4) is 0 Å². The van der Waals surface area contributed by atoms with E-state index in [0.717, 1.165) is 39.1 Å². The van der Waals surface area contributed by atoms with Crippen LogP contribution >= 0.6 is 0 Å². The Balaban J connectivity index is 1.51. The summed E-state index contributed by atoms with van der Waals surface area (Å²) in [6.45, 7) is 4.76. The maximum absolute atomic E-state index is 14.1. The molecule has 150 valence electrons. The summed E-state index contributed by atoms with van der Waals surface area (Å²) in [6, 6.07) is 1.26. The molecule has 7 unspecified atom stereocenters. The number of hydrogen-bond acceptors (Lipinski definition) is 6. The van der Waals surface area contributed by atoms with Gasteiger partial charge in [0.25, 0.3) is 0 Å². The van der Waals surface area contributed by atoms with E-state index in [-0.39, 0.29) is 12.3 Å². The molecular weight excluding hydrogens is 333 g/mol. The highest BCUT2D eigenvalue weighted by Crippen LogP contribution is 2.31. The first kappa shape index (κ1) is 19.0. The van der Waals surface area contributed by atoms with Crippen LogP contribution in [0.15, 0.2) is 0 Å². The number of halogens is 1. The monoisotopic (exact) mass is 369 g/mol. The van der Waals surface area contributed by atoms with Gasteiger partial charge in [-0.3, -0.25) is 26.2 Å². The highest BCUT2D eigenvalue weighted by Gasteiger charge is 2.40. The minimum atomic E-state index is -0.663. The van der Waals surface area contributed by atoms with Crippen LogP contribution in [0.4, 0.5) is 4.39 Å². The zero-order valence-corrected chi connectivity index (χ0v) is 16.2. The number of piperidine rings is 1. The molecular formula is C19H36FN5O. The average Bonchev–Trinajstić information content (AvgIpc) is 2.63. The molecule has 3 saturated heterocycles. The van der Waals surface area contributed by atoms with E-state index < -0.39 is 6.17 Å². The normalized spacial score (nSPS) is 48.6. The van der Waals surface area contributed by atoms with E-state index >= 15 is 0 Å². The third-order valence-electron chi connectivity index (χ3n) is 6.86. The molecule has 4 N–H and O–H groups in total. The zero-order valence-electron chi connectivity index (χ0n) is 16.2. The summed E-state index contributed by atoms with van der Waals surface area (Å²) in [6.07, 6.45) is 5.62. The number of hydrogen-bond donors (Lipinski definition) is 4. The van der Waals surface area contributed by atoms with Gasteiger partial charge in [-0.25, -0.2) is 4.39 Å². The number of alkyl halides is 1. The van der Waals surface area contributed by atoms with Crippen molar-refractivity contribution in [2.75, 3.05) is 26.9 Å². The van der Waals surface area contributed by atoms with E-state index in [1.165, 1.54) is 6.42 Å². The summed E-state index contributed by atoms with van der Waals surface area (Å²) in [5.74, 6) is 0.297. The van der Waals surface area contributed by atoms with Crippen LogP contribution in [0.5, 0.6) is 0 Å². The minimum absolute atomic E-state index is 0.204. The van der Waals surface area contributed by atoms with Crippen molar-refractivity contribution in [3.05, 3.63) is 0 Å². The van der Waals surface area contributed by atoms with Gasteiger partial charge >= 0.3 is 0 Å². The van der Waals surface area contributed by atoms with Gasteiger partial charge in [-0.2, -0.15) is 0 Å². The van der Waals surface area contributed by atoms with Crippen LogP contribution in [-0.2, 0) is 4.74 Å². The Morgan fingerprint density at radius 2 is 1.92 bits per heavy atom. The van der Waals surface area contributed by atoms with Crippen LogP contribution in [0.2, 0.25) is 0 Å². The molecule has 26 heavy (non-hydrogen) atoms. The lowest BCUT2D eigenvalue weighted by molar-refractivity contribution is -0.0434. The van der Waals surface area contributed by atoms with Gasteiger partial charge in [-0.15, -0.1) is 0 Å². The van der Waals surface area contributed by atoms with Gasteiger partial charge < -0.3 is 4.74 Å². The van der Waals surface area contributed by atoms with Gasteiger partial charge in [-0.05, 0) is 52.5 Å². The molecule has 4 rings (SSSR count). The first-order valence-electron chi connectivity index (χ1n) is 10.5. The molecule has 4 fully saturated rings. The molecule has 6 nitrogen and oxygen atoms in total. The zero-order chi connectivity index (χ0) is 18.1. The molecule has 0 aromatic rings. The highest BCUT2D eigenvalue weighted by molar-refractivity contribution is 5.00. The first-order valence-corrected chi connectivity index (χ1v) is 10.5. The number of nitrogens with zero attached hydrogens (tertiary/aromatic N) is 1. The van der Waals surface area contributed by atoms with Crippen LogP contribution in [0.1, 0.15) is 45.4 Å². The van der Waals surface area contributed by atoms with Gasteiger partial charge in [0.1, 0.15) is 6.17 Å². The summed E-state index contributed by atoms with van der Waals surface area (Å²) in [7, 11) is 2.19. The second-order valence-corrected chi connectivity index (χ2v) is 8.83. The van der Waals surface area contributed by atoms with Crippen molar-refractivity contribution in [3.8, 4) is 0 Å². The quantitative estimate of drug-likeness (QED) is 0.506. The number of ether oxygens (including phenoxy) is 1. The fraction of sp³-hybridized carbons (Fsp3) is 1.00. The summed E-state index contributed by atoms with van der Waals surface area (Å²) < 4.78 is 20.3. The second-order valence-electron chi connectivity index (χ2n) is 8.83. The van der Waals surface area contributed by atoms with Crippen molar-refractivity contribution < 1.29 is 9.13 Å². The molecule has 3 heterocycles. The summed E-state index contributed by atoms with van der Waals surface area (Å²) >= 11 is 0. The molecule has 4 aliphatic rings. The van der Waals surface area contributed by atoms with Gasteiger partial charge in [0.2, 0.25) is 0 Å². The van der Waals surface area contributed by atoms with Crippen molar-refractivity contribution >= 4 is 0 Å². The number of fused-ring (bicyclic) bond motifs is 2. The Labute approximate surface area is 157 Å². The maximum atomic E-state index is 14.1. The summed E-state index contributed by atoms with van der Waals surface area (Å²) in [5.41, 5.74) is 0. The molecule has 0 radical (unpaired) electrons. The Morgan fingerprint density at radius 3 is 2.81 bits per heavy atom. The fourth-order valence-electron chi connectivity index (χ4n) is 5.31. The predicted molar refractivity (Wildman–Crippen MR) is 100 cm³/mol. The van der Waals surface area contributed by atoms with Crippen molar-refractivity contribution in [1.82, 2.24) is 26.2 Å². The molecule has 1 saturated carbocycles. The van der Waals surface area contributed by atoms with E-state index in [1.807, 2.05) is 0 Å². The highest BCUT2D eigenvalue weighted by atomic mass is 19.1. The molecule has 7 heteroatoms. The maximum Gasteiger partial charge on any atom is 0.101 e. The largest absolute Gasteiger partial charge is 0.378 e. The van der Waals surface area contributed by atoms with Crippen molar-refractivity contribution in [2.24, 2.45) is 5.92 Å². The molecule has 0 spiro atoms. The van der Waals surface area contributed by atoms with Crippen molar-refractivity contribution in [3.63, 3.8) is 0 Å². The minimum Gasteiger partial charge on any atom is -0.378 e.